The van der Waals surface area contributed by atoms with Crippen LogP contribution in [-0.4, -0.2) is 33.9 Å². The molecular weight excluding hydrogens is 314 g/mol. The number of aromatic nitrogens is 2. The van der Waals surface area contributed by atoms with Gasteiger partial charge in [0.05, 0.1) is 18.2 Å². The fourth-order valence-electron chi connectivity index (χ4n) is 2.18. The molecule has 1 heterocycles. The lowest BCUT2D eigenvalue weighted by Crippen LogP contribution is -2.24. The first-order chi connectivity index (χ1) is 11.4. The van der Waals surface area contributed by atoms with Crippen molar-refractivity contribution in [3.05, 3.63) is 51.3 Å². The number of hydrogen-bond acceptors (Lipinski definition) is 6. The van der Waals surface area contributed by atoms with Crippen LogP contribution in [0.1, 0.15) is 17.0 Å². The Morgan fingerprint density at radius 1 is 1.50 bits per heavy atom. The number of carbonyl (C=O) groups excluding carboxylic acids is 1. The van der Waals surface area contributed by atoms with Gasteiger partial charge in [0.1, 0.15) is 23.7 Å². The van der Waals surface area contributed by atoms with Crippen LogP contribution in [0.15, 0.2) is 29.4 Å². The van der Waals surface area contributed by atoms with Crippen molar-refractivity contribution in [3.8, 4) is 5.75 Å². The molecule has 2 aromatic rings. The van der Waals surface area contributed by atoms with Crippen LogP contribution in [0.25, 0.3) is 0 Å². The molecule has 0 saturated heterocycles. The predicted molar refractivity (Wildman–Crippen MR) is 87.1 cm³/mol. The molecule has 0 aliphatic rings. The second-order valence-corrected chi connectivity index (χ2v) is 5.00. The highest BCUT2D eigenvalue weighted by atomic mass is 16.6. The second kappa shape index (κ2) is 7.36. The van der Waals surface area contributed by atoms with Crippen LogP contribution in [0, 0.1) is 24.0 Å². The van der Waals surface area contributed by atoms with Gasteiger partial charge in [-0.2, -0.15) is 10.2 Å². The van der Waals surface area contributed by atoms with Crippen LogP contribution in [0.2, 0.25) is 0 Å². The van der Waals surface area contributed by atoms with Gasteiger partial charge in [-0.3, -0.25) is 19.6 Å². The van der Waals surface area contributed by atoms with E-state index in [-0.39, 0.29) is 17.9 Å². The van der Waals surface area contributed by atoms with Crippen LogP contribution in [0.3, 0.4) is 0 Å². The Bertz CT molecular complexity index is 797. The van der Waals surface area contributed by atoms with Crippen molar-refractivity contribution in [2.45, 2.75) is 20.4 Å². The summed E-state index contributed by atoms with van der Waals surface area (Å²) in [4.78, 5) is 22.3. The lowest BCUT2D eigenvalue weighted by molar-refractivity contribution is -0.386. The molecular formula is C15H17N5O4. The minimum absolute atomic E-state index is 0.0809. The van der Waals surface area contributed by atoms with Crippen molar-refractivity contribution in [2.24, 2.45) is 5.10 Å². The molecule has 1 amide bonds. The smallest absolute Gasteiger partial charge is 0.312 e. The van der Waals surface area contributed by atoms with E-state index in [1.165, 1.54) is 17.8 Å². The van der Waals surface area contributed by atoms with Gasteiger partial charge in [0.2, 0.25) is 0 Å². The first-order valence-electron chi connectivity index (χ1n) is 7.06. The largest absolute Gasteiger partial charge is 0.497 e. The lowest BCUT2D eigenvalue weighted by atomic mass is 10.2. The number of rotatable bonds is 6. The normalized spacial score (nSPS) is 10.8. The van der Waals surface area contributed by atoms with E-state index in [4.69, 9.17) is 4.74 Å². The molecule has 0 unspecified atom stereocenters. The van der Waals surface area contributed by atoms with Gasteiger partial charge in [-0.05, 0) is 31.5 Å². The van der Waals surface area contributed by atoms with Crippen LogP contribution in [-0.2, 0) is 11.3 Å². The average Bonchev–Trinajstić information content (AvgIpc) is 2.81. The number of ether oxygens (including phenoxy) is 1. The van der Waals surface area contributed by atoms with E-state index < -0.39 is 10.8 Å². The predicted octanol–water partition coefficient (Wildman–Crippen LogP) is 1.57. The van der Waals surface area contributed by atoms with E-state index in [1.807, 2.05) is 6.07 Å². The topological polar surface area (TPSA) is 112 Å². The number of hydrazone groups is 1. The maximum Gasteiger partial charge on any atom is 0.312 e. The number of nitrogens with zero attached hydrogens (tertiary/aromatic N) is 4. The van der Waals surface area contributed by atoms with Crippen LogP contribution < -0.4 is 10.2 Å². The summed E-state index contributed by atoms with van der Waals surface area (Å²) < 4.78 is 6.37. The van der Waals surface area contributed by atoms with Crippen LogP contribution in [0.4, 0.5) is 5.69 Å². The van der Waals surface area contributed by atoms with Gasteiger partial charge in [-0.1, -0.05) is 12.1 Å². The summed E-state index contributed by atoms with van der Waals surface area (Å²) >= 11 is 0. The maximum absolute atomic E-state index is 11.9. The fraction of sp³-hybridized carbons (Fsp3) is 0.267. The Morgan fingerprint density at radius 3 is 2.88 bits per heavy atom. The minimum atomic E-state index is -0.507. The molecule has 1 aromatic carbocycles. The zero-order valence-corrected chi connectivity index (χ0v) is 13.5. The number of benzene rings is 1. The molecule has 0 saturated carbocycles. The Hall–Kier alpha value is -3.23. The van der Waals surface area contributed by atoms with Crippen molar-refractivity contribution in [1.82, 2.24) is 15.2 Å². The molecule has 0 bridgehead atoms. The monoisotopic (exact) mass is 331 g/mol. The molecule has 0 aliphatic heterocycles. The van der Waals surface area contributed by atoms with E-state index in [2.05, 4.69) is 15.6 Å². The third kappa shape index (κ3) is 3.94. The van der Waals surface area contributed by atoms with Gasteiger partial charge in [0.25, 0.3) is 5.91 Å². The average molecular weight is 331 g/mol. The highest BCUT2D eigenvalue weighted by molar-refractivity contribution is 5.82. The highest BCUT2D eigenvalue weighted by Gasteiger charge is 2.22. The summed E-state index contributed by atoms with van der Waals surface area (Å²) in [6.45, 7) is 2.92. The number of nitrogens with one attached hydrogen (secondary N) is 1. The maximum atomic E-state index is 11.9. The van der Waals surface area contributed by atoms with Gasteiger partial charge >= 0.3 is 5.69 Å². The highest BCUT2D eigenvalue weighted by Crippen LogP contribution is 2.21. The second-order valence-electron chi connectivity index (χ2n) is 5.00. The number of hydrogen-bond donors (Lipinski definition) is 1. The van der Waals surface area contributed by atoms with Crippen molar-refractivity contribution in [2.75, 3.05) is 7.11 Å². The molecule has 0 spiro atoms. The number of nitro groups is 1. The number of amides is 1. The van der Waals surface area contributed by atoms with Crippen molar-refractivity contribution < 1.29 is 14.5 Å². The van der Waals surface area contributed by atoms with E-state index >= 15 is 0 Å². The summed E-state index contributed by atoms with van der Waals surface area (Å²) in [7, 11) is 1.56. The third-order valence-electron chi connectivity index (χ3n) is 3.32. The van der Waals surface area contributed by atoms with Crippen molar-refractivity contribution in [1.29, 1.82) is 0 Å². The summed E-state index contributed by atoms with van der Waals surface area (Å²) in [5.74, 6) is 0.245. The standard InChI is InChI=1S/C15H17N5O4/c1-10-15(20(22)23)11(2)19(18-10)9-14(21)17-16-8-12-5-4-6-13(7-12)24-3/h4-8H,9H2,1-3H3,(H,17,21)/b16-8+. The van der Waals surface area contributed by atoms with Gasteiger partial charge in [-0.15, -0.1) is 0 Å². The van der Waals surface area contributed by atoms with Crippen LogP contribution >= 0.6 is 0 Å². The zero-order chi connectivity index (χ0) is 17.7. The lowest BCUT2D eigenvalue weighted by Gasteiger charge is -2.02. The number of aryl methyl sites for hydroxylation is 1. The first-order valence-corrected chi connectivity index (χ1v) is 7.06. The first kappa shape index (κ1) is 17.1. The number of carbonyl (C=O) groups is 1. The zero-order valence-electron chi connectivity index (χ0n) is 13.5. The summed E-state index contributed by atoms with van der Waals surface area (Å²) in [5, 5.41) is 18.8. The van der Waals surface area contributed by atoms with Gasteiger partial charge in [-0.25, -0.2) is 5.43 Å². The molecule has 0 radical (unpaired) electrons. The van der Waals surface area contributed by atoms with Gasteiger partial charge < -0.3 is 4.74 Å². The minimum Gasteiger partial charge on any atom is -0.497 e. The SMILES string of the molecule is COc1cccc(/C=N/NC(=O)Cn2nc(C)c([N+](=O)[O-])c2C)c1. The molecule has 126 valence electrons. The Morgan fingerprint density at radius 2 is 2.25 bits per heavy atom. The molecule has 1 N–H and O–H groups in total. The van der Waals surface area contributed by atoms with E-state index in [0.717, 1.165) is 5.56 Å². The van der Waals surface area contributed by atoms with Gasteiger partial charge in [0, 0.05) is 0 Å². The molecule has 0 atom stereocenters. The van der Waals surface area contributed by atoms with E-state index in [1.54, 1.807) is 32.2 Å². The van der Waals surface area contributed by atoms with Gasteiger partial charge in [0.15, 0.2) is 0 Å². The summed E-state index contributed by atoms with van der Waals surface area (Å²) in [5.41, 5.74) is 3.63. The van der Waals surface area contributed by atoms with Crippen molar-refractivity contribution >= 4 is 17.8 Å². The molecule has 9 heteroatoms. The third-order valence-corrected chi connectivity index (χ3v) is 3.32. The Labute approximate surface area is 138 Å². The van der Waals surface area contributed by atoms with Crippen LogP contribution in [0.5, 0.6) is 5.75 Å². The van der Waals surface area contributed by atoms with Crippen molar-refractivity contribution in [3.63, 3.8) is 0 Å². The molecule has 0 aliphatic carbocycles. The molecule has 9 nitrogen and oxygen atoms in total. The summed E-state index contributed by atoms with van der Waals surface area (Å²) in [6, 6.07) is 7.17. The number of methoxy groups -OCH3 is 1. The van der Waals surface area contributed by atoms with E-state index in [0.29, 0.717) is 11.4 Å². The molecule has 1 aromatic heterocycles. The molecule has 0 fully saturated rings. The molecule has 24 heavy (non-hydrogen) atoms. The molecule has 2 rings (SSSR count). The fourth-order valence-corrected chi connectivity index (χ4v) is 2.18. The quantitative estimate of drug-likeness (QED) is 0.490. The summed E-state index contributed by atoms with van der Waals surface area (Å²) in [6.07, 6.45) is 1.48. The van der Waals surface area contributed by atoms with E-state index in [9.17, 15) is 14.9 Å². The Kier molecular flexibility index (Phi) is 5.25. The Balaban J connectivity index is 2.00.